The molecule has 5 fully saturated rings. The van der Waals surface area contributed by atoms with E-state index in [0.717, 1.165) is 71.4 Å². The Morgan fingerprint density at radius 3 is 2.71 bits per heavy atom. The van der Waals surface area contributed by atoms with Crippen LogP contribution >= 0.6 is 11.8 Å². The first-order valence-corrected chi connectivity index (χ1v) is 14.2. The van der Waals surface area contributed by atoms with Gasteiger partial charge in [-0.1, -0.05) is 6.42 Å². The van der Waals surface area contributed by atoms with Crippen LogP contribution in [0.15, 0.2) is 0 Å². The van der Waals surface area contributed by atoms with Crippen molar-refractivity contribution in [2.75, 3.05) is 46.4 Å². The van der Waals surface area contributed by atoms with Crippen LogP contribution in [-0.2, 0) is 14.3 Å². The first-order valence-electron chi connectivity index (χ1n) is 13.2. The Labute approximate surface area is 207 Å². The van der Waals surface area contributed by atoms with Gasteiger partial charge in [0, 0.05) is 50.6 Å². The Hall–Kier alpha value is -0.910. The van der Waals surface area contributed by atoms with E-state index in [1.165, 1.54) is 0 Å². The number of thioether (sulfide) groups is 1. The van der Waals surface area contributed by atoms with Gasteiger partial charge in [0.2, 0.25) is 11.8 Å². The SMILES string of the molecule is COC1CNCCC1C1CC(C)NCC1C(=O)NC1NC2CN(C(=O)C3CCCCN3)CC2S1. The largest absolute Gasteiger partial charge is 0.380 e. The normalized spacial score (nSPS) is 42.9. The number of hydrogen-bond acceptors (Lipinski definition) is 8. The summed E-state index contributed by atoms with van der Waals surface area (Å²) in [4.78, 5) is 28.4. The second-order valence-corrected chi connectivity index (χ2v) is 12.2. The van der Waals surface area contributed by atoms with E-state index in [1.54, 1.807) is 18.9 Å². The van der Waals surface area contributed by atoms with Gasteiger partial charge < -0.3 is 30.9 Å². The van der Waals surface area contributed by atoms with Gasteiger partial charge in [-0.05, 0) is 57.5 Å². The van der Waals surface area contributed by atoms with E-state index in [9.17, 15) is 9.59 Å². The van der Waals surface area contributed by atoms with Crippen molar-refractivity contribution < 1.29 is 14.3 Å². The number of ether oxygens (including phenoxy) is 1. The zero-order valence-electron chi connectivity index (χ0n) is 20.6. The topological polar surface area (TPSA) is 107 Å². The maximum Gasteiger partial charge on any atom is 0.239 e. The number of likely N-dealkylation sites (tertiary alicyclic amines) is 1. The molecule has 2 amide bonds. The van der Waals surface area contributed by atoms with E-state index in [-0.39, 0.29) is 41.4 Å². The monoisotopic (exact) mass is 494 g/mol. The van der Waals surface area contributed by atoms with Crippen molar-refractivity contribution in [1.82, 2.24) is 31.5 Å². The number of nitrogens with zero attached hydrogens (tertiary/aromatic N) is 1. The standard InChI is InChI=1S/C24H42N6O3S/c1-14-9-16(15-6-8-25-11-20(15)33-2)17(10-27-14)22(31)29-24-28-19-12-30(13-21(19)34-24)23(32)18-5-3-4-7-26-18/h14-21,24-28H,3-13H2,1-2H3,(H,29,31). The lowest BCUT2D eigenvalue weighted by atomic mass is 9.70. The van der Waals surface area contributed by atoms with Gasteiger partial charge in [0.15, 0.2) is 0 Å². The van der Waals surface area contributed by atoms with Crippen LogP contribution in [-0.4, -0.2) is 98.1 Å². The van der Waals surface area contributed by atoms with E-state index in [4.69, 9.17) is 4.74 Å². The van der Waals surface area contributed by atoms with Gasteiger partial charge in [-0.2, -0.15) is 0 Å². The highest BCUT2D eigenvalue weighted by Crippen LogP contribution is 2.37. The molecule has 0 aromatic heterocycles. The molecule has 0 aromatic rings. The number of piperidine rings is 3. The lowest BCUT2D eigenvalue weighted by molar-refractivity contribution is -0.133. The molecule has 0 aromatic carbocycles. The molecule has 0 aliphatic carbocycles. The molecule has 0 saturated carbocycles. The van der Waals surface area contributed by atoms with Crippen molar-refractivity contribution in [3.8, 4) is 0 Å². The Kier molecular flexibility index (Phi) is 8.02. The average Bonchev–Trinajstić information content (AvgIpc) is 3.42. The summed E-state index contributed by atoms with van der Waals surface area (Å²) in [6.45, 7) is 7.23. The van der Waals surface area contributed by atoms with E-state index >= 15 is 0 Å². The number of nitrogens with one attached hydrogen (secondary N) is 5. The van der Waals surface area contributed by atoms with Crippen LogP contribution in [0.5, 0.6) is 0 Å². The number of carbonyl (C=O) groups excluding carboxylic acids is 2. The van der Waals surface area contributed by atoms with Crippen LogP contribution in [0, 0.1) is 17.8 Å². The molecule has 0 spiro atoms. The highest BCUT2D eigenvalue weighted by Gasteiger charge is 2.46. The summed E-state index contributed by atoms with van der Waals surface area (Å²) in [6, 6.07) is 0.643. The minimum Gasteiger partial charge on any atom is -0.380 e. The molecule has 5 aliphatic heterocycles. The Morgan fingerprint density at radius 1 is 1.06 bits per heavy atom. The maximum atomic E-state index is 13.5. The lowest BCUT2D eigenvalue weighted by Crippen LogP contribution is -2.57. The van der Waals surface area contributed by atoms with Crippen molar-refractivity contribution >= 4 is 23.6 Å². The molecule has 9 unspecified atom stereocenters. The van der Waals surface area contributed by atoms with Gasteiger partial charge in [0.05, 0.1) is 18.1 Å². The first kappa shape index (κ1) is 24.8. The lowest BCUT2D eigenvalue weighted by Gasteiger charge is -2.44. The fraction of sp³-hybridized carbons (Fsp3) is 0.917. The summed E-state index contributed by atoms with van der Waals surface area (Å²) >= 11 is 1.77. The van der Waals surface area contributed by atoms with Crippen LogP contribution in [0.2, 0.25) is 0 Å². The number of hydrogen-bond donors (Lipinski definition) is 5. The van der Waals surface area contributed by atoms with E-state index < -0.39 is 0 Å². The average molecular weight is 495 g/mol. The summed E-state index contributed by atoms with van der Waals surface area (Å²) in [5.74, 6) is 1.07. The third-order valence-electron chi connectivity index (χ3n) is 8.63. The highest BCUT2D eigenvalue weighted by atomic mass is 32.2. The quantitative estimate of drug-likeness (QED) is 0.354. The summed E-state index contributed by atoms with van der Waals surface area (Å²) in [5.41, 5.74) is -0.0844. The Balaban J connectivity index is 1.15. The molecule has 5 aliphatic rings. The molecule has 0 bridgehead atoms. The molecule has 0 radical (unpaired) electrons. The summed E-state index contributed by atoms with van der Waals surface area (Å²) in [5, 5.41) is 17.6. The second-order valence-electron chi connectivity index (χ2n) is 10.8. The fourth-order valence-electron chi connectivity index (χ4n) is 6.75. The predicted molar refractivity (Wildman–Crippen MR) is 133 cm³/mol. The van der Waals surface area contributed by atoms with Crippen LogP contribution in [0.4, 0.5) is 0 Å². The van der Waals surface area contributed by atoms with Gasteiger partial charge in [0.25, 0.3) is 0 Å². The van der Waals surface area contributed by atoms with Crippen LogP contribution in [0.25, 0.3) is 0 Å². The number of carbonyl (C=O) groups is 2. The molecule has 10 heteroatoms. The second kappa shape index (κ2) is 11.0. The molecule has 34 heavy (non-hydrogen) atoms. The van der Waals surface area contributed by atoms with Crippen molar-refractivity contribution in [3.63, 3.8) is 0 Å². The van der Waals surface area contributed by atoms with Crippen molar-refractivity contribution in [2.45, 2.75) is 74.0 Å². The number of fused-ring (bicyclic) bond motifs is 1. The molecule has 5 heterocycles. The minimum absolute atomic E-state index is 0.0166. The summed E-state index contributed by atoms with van der Waals surface area (Å²) in [7, 11) is 1.79. The van der Waals surface area contributed by atoms with Crippen LogP contribution in [0.3, 0.4) is 0 Å². The predicted octanol–water partition coefficient (Wildman–Crippen LogP) is -0.317. The van der Waals surface area contributed by atoms with Crippen LogP contribution in [0.1, 0.15) is 39.0 Å². The third-order valence-corrected chi connectivity index (χ3v) is 9.98. The van der Waals surface area contributed by atoms with Crippen molar-refractivity contribution in [2.24, 2.45) is 17.8 Å². The van der Waals surface area contributed by atoms with Gasteiger partial charge in [-0.15, -0.1) is 11.8 Å². The van der Waals surface area contributed by atoms with E-state index in [0.29, 0.717) is 23.1 Å². The smallest absolute Gasteiger partial charge is 0.239 e. The van der Waals surface area contributed by atoms with E-state index in [1.807, 2.05) is 4.90 Å². The summed E-state index contributed by atoms with van der Waals surface area (Å²) in [6.07, 6.45) is 5.46. The zero-order chi connectivity index (χ0) is 23.7. The molecule has 9 atom stereocenters. The molecule has 5 N–H and O–H groups in total. The zero-order valence-corrected chi connectivity index (χ0v) is 21.4. The number of methoxy groups -OCH3 is 1. The van der Waals surface area contributed by atoms with Gasteiger partial charge in [0.1, 0.15) is 5.50 Å². The molecule has 9 nitrogen and oxygen atoms in total. The minimum atomic E-state index is -0.0844. The van der Waals surface area contributed by atoms with Gasteiger partial charge in [-0.25, -0.2) is 0 Å². The molecule has 5 saturated heterocycles. The molecule has 5 rings (SSSR count). The van der Waals surface area contributed by atoms with Crippen molar-refractivity contribution in [1.29, 1.82) is 0 Å². The fourth-order valence-corrected chi connectivity index (χ4v) is 8.16. The number of rotatable bonds is 5. The Morgan fingerprint density at radius 2 is 1.94 bits per heavy atom. The Bertz CT molecular complexity index is 723. The van der Waals surface area contributed by atoms with Crippen LogP contribution < -0.4 is 26.6 Å². The van der Waals surface area contributed by atoms with Crippen molar-refractivity contribution in [3.05, 3.63) is 0 Å². The first-order chi connectivity index (χ1) is 16.5. The van der Waals surface area contributed by atoms with E-state index in [2.05, 4.69) is 33.5 Å². The maximum absolute atomic E-state index is 13.5. The van der Waals surface area contributed by atoms with Gasteiger partial charge in [-0.3, -0.25) is 14.9 Å². The van der Waals surface area contributed by atoms with Gasteiger partial charge >= 0.3 is 0 Å². The highest BCUT2D eigenvalue weighted by molar-refractivity contribution is 8.00. The molecule has 192 valence electrons. The number of amides is 2. The molecular formula is C24H42N6O3S. The third kappa shape index (κ3) is 5.27. The summed E-state index contributed by atoms with van der Waals surface area (Å²) < 4.78 is 5.81. The molecular weight excluding hydrogens is 452 g/mol.